The second-order valence-corrected chi connectivity index (χ2v) is 3.58. The Morgan fingerprint density at radius 3 is 2.40 bits per heavy atom. The van der Waals surface area contributed by atoms with Crippen molar-refractivity contribution in [2.24, 2.45) is 5.92 Å². The molecule has 0 heteroatoms. The van der Waals surface area contributed by atoms with Gasteiger partial charge in [-0.3, -0.25) is 0 Å². The average Bonchev–Trinajstić information content (AvgIpc) is 2.38. The molecule has 0 spiro atoms. The van der Waals surface area contributed by atoms with Crippen molar-refractivity contribution >= 4 is 0 Å². The standard InChI is InChI=1S/C10H19/c1-3-6-9(2)10-7-4-5-8-10/h10H,3-8H2,1-2H3. The second kappa shape index (κ2) is 4.00. The molecule has 0 saturated heterocycles. The van der Waals surface area contributed by atoms with Gasteiger partial charge in [-0.2, -0.15) is 0 Å². The zero-order valence-corrected chi connectivity index (χ0v) is 7.32. The molecule has 0 aromatic heterocycles. The van der Waals surface area contributed by atoms with Crippen LogP contribution in [0.1, 0.15) is 52.4 Å². The molecular weight excluding hydrogens is 120 g/mol. The minimum absolute atomic E-state index is 1.000. The summed E-state index contributed by atoms with van der Waals surface area (Å²) in [6, 6.07) is 0. The van der Waals surface area contributed by atoms with E-state index in [0.717, 1.165) is 5.92 Å². The summed E-state index contributed by atoms with van der Waals surface area (Å²) in [5, 5.41) is 0. The third kappa shape index (κ3) is 2.00. The van der Waals surface area contributed by atoms with Gasteiger partial charge in [0.1, 0.15) is 0 Å². The predicted molar refractivity (Wildman–Crippen MR) is 45.8 cm³/mol. The first-order chi connectivity index (χ1) is 4.84. The molecule has 0 aromatic rings. The Kier molecular flexibility index (Phi) is 3.24. The molecular formula is C10H19. The Balaban J connectivity index is 2.18. The van der Waals surface area contributed by atoms with Gasteiger partial charge in [0.2, 0.25) is 0 Å². The molecule has 1 radical (unpaired) electrons. The molecule has 0 unspecified atom stereocenters. The summed E-state index contributed by atoms with van der Waals surface area (Å²) in [6.45, 7) is 4.62. The molecule has 0 atom stereocenters. The summed E-state index contributed by atoms with van der Waals surface area (Å²) in [5.41, 5.74) is 0. The van der Waals surface area contributed by atoms with Crippen molar-refractivity contribution in [3.8, 4) is 0 Å². The minimum atomic E-state index is 1.000. The van der Waals surface area contributed by atoms with Gasteiger partial charge in [-0.05, 0) is 31.1 Å². The van der Waals surface area contributed by atoms with E-state index in [4.69, 9.17) is 0 Å². The van der Waals surface area contributed by atoms with Gasteiger partial charge in [-0.1, -0.05) is 33.1 Å². The van der Waals surface area contributed by atoms with E-state index < -0.39 is 0 Å². The summed E-state index contributed by atoms with van der Waals surface area (Å²) in [7, 11) is 0. The highest BCUT2D eigenvalue weighted by molar-refractivity contribution is 4.93. The SMILES string of the molecule is CCC[C](C)C1CCCC1. The van der Waals surface area contributed by atoms with E-state index in [1.54, 1.807) is 5.92 Å². The van der Waals surface area contributed by atoms with Crippen LogP contribution in [0.25, 0.3) is 0 Å². The van der Waals surface area contributed by atoms with E-state index in [-0.39, 0.29) is 0 Å². The first-order valence-corrected chi connectivity index (χ1v) is 4.67. The van der Waals surface area contributed by atoms with Crippen LogP contribution in [0.4, 0.5) is 0 Å². The fourth-order valence-electron chi connectivity index (χ4n) is 2.02. The van der Waals surface area contributed by atoms with E-state index in [1.165, 1.54) is 38.5 Å². The zero-order valence-electron chi connectivity index (χ0n) is 7.32. The van der Waals surface area contributed by atoms with Crippen LogP contribution in [-0.4, -0.2) is 0 Å². The lowest BCUT2D eigenvalue weighted by atomic mass is 9.89. The fraction of sp³-hybridized carbons (Fsp3) is 0.900. The van der Waals surface area contributed by atoms with E-state index >= 15 is 0 Å². The van der Waals surface area contributed by atoms with Crippen LogP contribution in [-0.2, 0) is 0 Å². The Morgan fingerprint density at radius 1 is 1.30 bits per heavy atom. The molecule has 1 aliphatic carbocycles. The molecule has 1 aliphatic rings. The first-order valence-electron chi connectivity index (χ1n) is 4.67. The van der Waals surface area contributed by atoms with Gasteiger partial charge in [-0.25, -0.2) is 0 Å². The summed E-state index contributed by atoms with van der Waals surface area (Å²) in [5.74, 6) is 2.76. The van der Waals surface area contributed by atoms with E-state index in [0.29, 0.717) is 0 Å². The van der Waals surface area contributed by atoms with Crippen molar-refractivity contribution in [3.05, 3.63) is 5.92 Å². The molecule has 0 nitrogen and oxygen atoms in total. The molecule has 1 rings (SSSR count). The van der Waals surface area contributed by atoms with Crippen LogP contribution < -0.4 is 0 Å². The average molecular weight is 139 g/mol. The van der Waals surface area contributed by atoms with Gasteiger partial charge >= 0.3 is 0 Å². The number of rotatable bonds is 3. The highest BCUT2D eigenvalue weighted by atomic mass is 14.3. The molecule has 1 saturated carbocycles. The van der Waals surface area contributed by atoms with Crippen LogP contribution in [0.5, 0.6) is 0 Å². The van der Waals surface area contributed by atoms with Crippen molar-refractivity contribution in [2.45, 2.75) is 52.4 Å². The van der Waals surface area contributed by atoms with E-state index in [1.807, 2.05) is 0 Å². The summed E-state index contributed by atoms with van der Waals surface area (Å²) in [4.78, 5) is 0. The van der Waals surface area contributed by atoms with E-state index in [9.17, 15) is 0 Å². The monoisotopic (exact) mass is 139 g/mol. The molecule has 10 heavy (non-hydrogen) atoms. The highest BCUT2D eigenvalue weighted by Crippen LogP contribution is 2.34. The fourth-order valence-corrected chi connectivity index (χ4v) is 2.02. The van der Waals surface area contributed by atoms with Crippen molar-refractivity contribution in [1.29, 1.82) is 0 Å². The molecule has 0 aliphatic heterocycles. The maximum absolute atomic E-state index is 2.35. The topological polar surface area (TPSA) is 0 Å². The van der Waals surface area contributed by atoms with Crippen LogP contribution >= 0.6 is 0 Å². The minimum Gasteiger partial charge on any atom is -0.0654 e. The zero-order chi connectivity index (χ0) is 7.40. The Labute approximate surface area is 65.0 Å². The molecule has 0 heterocycles. The predicted octanol–water partition coefficient (Wildman–Crippen LogP) is 3.57. The van der Waals surface area contributed by atoms with Crippen LogP contribution in [0.15, 0.2) is 0 Å². The second-order valence-electron chi connectivity index (χ2n) is 3.58. The quantitative estimate of drug-likeness (QED) is 0.560. The molecule has 1 fully saturated rings. The highest BCUT2D eigenvalue weighted by Gasteiger charge is 2.20. The molecule has 0 aromatic carbocycles. The lowest BCUT2D eigenvalue weighted by Crippen LogP contribution is -2.04. The Hall–Kier alpha value is 0. The third-order valence-corrected chi connectivity index (χ3v) is 2.70. The lowest BCUT2D eigenvalue weighted by Gasteiger charge is -2.16. The van der Waals surface area contributed by atoms with Crippen molar-refractivity contribution in [1.82, 2.24) is 0 Å². The molecule has 0 bridgehead atoms. The Morgan fingerprint density at radius 2 is 1.90 bits per heavy atom. The Bertz CT molecular complexity index is 80.0. The van der Waals surface area contributed by atoms with Crippen molar-refractivity contribution < 1.29 is 0 Å². The first kappa shape index (κ1) is 8.10. The maximum Gasteiger partial charge on any atom is -0.0241 e. The van der Waals surface area contributed by atoms with Gasteiger partial charge in [0.05, 0.1) is 0 Å². The molecule has 0 amide bonds. The number of hydrogen-bond donors (Lipinski definition) is 0. The third-order valence-electron chi connectivity index (χ3n) is 2.70. The maximum atomic E-state index is 2.35. The van der Waals surface area contributed by atoms with Gasteiger partial charge in [0.25, 0.3) is 0 Å². The normalized spacial score (nSPS) is 20.7. The van der Waals surface area contributed by atoms with Crippen molar-refractivity contribution in [3.63, 3.8) is 0 Å². The molecule has 0 N–H and O–H groups in total. The van der Waals surface area contributed by atoms with Crippen LogP contribution in [0.2, 0.25) is 0 Å². The van der Waals surface area contributed by atoms with Crippen molar-refractivity contribution in [2.75, 3.05) is 0 Å². The summed E-state index contributed by atoms with van der Waals surface area (Å²) in [6.07, 6.45) is 8.61. The summed E-state index contributed by atoms with van der Waals surface area (Å²) >= 11 is 0. The van der Waals surface area contributed by atoms with Crippen LogP contribution in [0, 0.1) is 11.8 Å². The summed E-state index contributed by atoms with van der Waals surface area (Å²) < 4.78 is 0. The van der Waals surface area contributed by atoms with Gasteiger partial charge in [0.15, 0.2) is 0 Å². The molecule has 59 valence electrons. The largest absolute Gasteiger partial charge is 0.0654 e. The van der Waals surface area contributed by atoms with Gasteiger partial charge in [-0.15, -0.1) is 0 Å². The number of hydrogen-bond acceptors (Lipinski definition) is 0. The van der Waals surface area contributed by atoms with Gasteiger partial charge in [0, 0.05) is 0 Å². The van der Waals surface area contributed by atoms with E-state index in [2.05, 4.69) is 13.8 Å². The lowest BCUT2D eigenvalue weighted by molar-refractivity contribution is 0.525. The smallest absolute Gasteiger partial charge is 0.0241 e. The van der Waals surface area contributed by atoms with Crippen LogP contribution in [0.3, 0.4) is 0 Å². The van der Waals surface area contributed by atoms with Gasteiger partial charge < -0.3 is 0 Å².